The Labute approximate surface area is 127 Å². The van der Waals surface area contributed by atoms with Gasteiger partial charge < -0.3 is 0 Å². The first-order valence-corrected chi connectivity index (χ1v) is 7.28. The summed E-state index contributed by atoms with van der Waals surface area (Å²) in [5.41, 5.74) is 6.86. The van der Waals surface area contributed by atoms with Crippen molar-refractivity contribution < 1.29 is 0 Å². The van der Waals surface area contributed by atoms with E-state index in [1.807, 2.05) is 44.2 Å². The fraction of sp³-hybridized carbons (Fsp3) is 0.267. The normalized spacial score (nSPS) is 11.5. The zero-order valence-corrected chi connectivity index (χ0v) is 13.4. The number of benzene rings is 1. The van der Waals surface area contributed by atoms with Gasteiger partial charge in [-0.3, -0.25) is 0 Å². The molecule has 20 heavy (non-hydrogen) atoms. The number of nitrogens with one attached hydrogen (secondary N) is 1. The maximum Gasteiger partial charge on any atom is 0.243 e. The topological polar surface area (TPSA) is 50.2 Å². The van der Waals surface area contributed by atoms with Gasteiger partial charge in [-0.1, -0.05) is 35.0 Å². The minimum atomic E-state index is 0.533. The van der Waals surface area contributed by atoms with Crippen LogP contribution in [0.2, 0.25) is 0 Å². The Morgan fingerprint density at radius 2 is 1.75 bits per heavy atom. The van der Waals surface area contributed by atoms with E-state index in [-0.39, 0.29) is 0 Å². The molecular formula is C15H17BrN4. The quantitative estimate of drug-likeness (QED) is 0.677. The third-order valence-corrected chi connectivity index (χ3v) is 3.31. The molecule has 0 spiro atoms. The fourth-order valence-corrected chi connectivity index (χ4v) is 2.15. The third kappa shape index (κ3) is 3.87. The van der Waals surface area contributed by atoms with Crippen molar-refractivity contribution in [2.24, 2.45) is 5.10 Å². The summed E-state index contributed by atoms with van der Waals surface area (Å²) in [6.07, 6.45) is 0.833. The summed E-state index contributed by atoms with van der Waals surface area (Å²) in [6.45, 7) is 5.96. The summed E-state index contributed by atoms with van der Waals surface area (Å²) in [5.74, 6) is 0.533. The Bertz CT molecular complexity index is 600. The number of halogens is 1. The lowest BCUT2D eigenvalue weighted by molar-refractivity contribution is 1.03. The zero-order valence-electron chi connectivity index (χ0n) is 11.8. The van der Waals surface area contributed by atoms with Gasteiger partial charge in [-0.15, -0.1) is 0 Å². The Hall–Kier alpha value is -1.75. The van der Waals surface area contributed by atoms with Crippen LogP contribution in [0.15, 0.2) is 39.9 Å². The van der Waals surface area contributed by atoms with Gasteiger partial charge in [-0.05, 0) is 44.0 Å². The van der Waals surface area contributed by atoms with Gasteiger partial charge in [0.2, 0.25) is 5.95 Å². The molecule has 5 heteroatoms. The van der Waals surface area contributed by atoms with E-state index in [2.05, 4.69) is 43.3 Å². The minimum absolute atomic E-state index is 0.533. The van der Waals surface area contributed by atoms with Gasteiger partial charge >= 0.3 is 0 Å². The highest BCUT2D eigenvalue weighted by molar-refractivity contribution is 9.10. The smallest absolute Gasteiger partial charge is 0.243 e. The van der Waals surface area contributed by atoms with Crippen LogP contribution in [-0.4, -0.2) is 15.7 Å². The number of rotatable bonds is 4. The molecule has 2 aromatic rings. The van der Waals surface area contributed by atoms with E-state index in [0.29, 0.717) is 5.95 Å². The average Bonchev–Trinajstić information content (AvgIpc) is 2.40. The SMILES string of the molecule is CC/C(=N/Nc1nc(C)cc(C)n1)c1ccc(Br)cc1. The number of anilines is 1. The monoisotopic (exact) mass is 332 g/mol. The van der Waals surface area contributed by atoms with Crippen molar-refractivity contribution in [2.75, 3.05) is 5.43 Å². The summed E-state index contributed by atoms with van der Waals surface area (Å²) in [4.78, 5) is 8.62. The Balaban J connectivity index is 2.21. The van der Waals surface area contributed by atoms with E-state index in [4.69, 9.17) is 0 Å². The van der Waals surface area contributed by atoms with Crippen molar-refractivity contribution in [3.8, 4) is 0 Å². The summed E-state index contributed by atoms with van der Waals surface area (Å²) >= 11 is 3.43. The molecule has 0 aliphatic rings. The highest BCUT2D eigenvalue weighted by Crippen LogP contribution is 2.13. The molecule has 0 bridgehead atoms. The molecule has 0 saturated carbocycles. The predicted octanol–water partition coefficient (Wildman–Crippen LogP) is 4.08. The average molecular weight is 333 g/mol. The van der Waals surface area contributed by atoms with Crippen molar-refractivity contribution >= 4 is 27.6 Å². The van der Waals surface area contributed by atoms with Gasteiger partial charge in [0.05, 0.1) is 5.71 Å². The molecule has 104 valence electrons. The third-order valence-electron chi connectivity index (χ3n) is 2.79. The molecule has 0 radical (unpaired) electrons. The minimum Gasteiger partial charge on any atom is -0.245 e. The molecule has 4 nitrogen and oxygen atoms in total. The standard InChI is InChI=1S/C15H17BrN4/c1-4-14(12-5-7-13(16)8-6-12)19-20-15-17-10(2)9-11(3)18-15/h5-9H,4H2,1-3H3,(H,17,18,20)/b19-14-. The highest BCUT2D eigenvalue weighted by atomic mass is 79.9. The highest BCUT2D eigenvalue weighted by Gasteiger charge is 2.03. The second kappa shape index (κ2) is 6.61. The lowest BCUT2D eigenvalue weighted by Gasteiger charge is -2.06. The van der Waals surface area contributed by atoms with E-state index in [1.54, 1.807) is 0 Å². The summed E-state index contributed by atoms with van der Waals surface area (Å²) in [6, 6.07) is 10.0. The Morgan fingerprint density at radius 1 is 1.15 bits per heavy atom. The van der Waals surface area contributed by atoms with Crippen LogP contribution in [0.5, 0.6) is 0 Å². The first kappa shape index (κ1) is 14.7. The van der Waals surface area contributed by atoms with Crippen molar-refractivity contribution in [3.05, 3.63) is 51.8 Å². The number of aryl methyl sites for hydroxylation is 2. The lowest BCUT2D eigenvalue weighted by atomic mass is 10.1. The molecule has 1 aromatic heterocycles. The molecule has 0 amide bonds. The number of aromatic nitrogens is 2. The van der Waals surface area contributed by atoms with Gasteiger partial charge in [-0.2, -0.15) is 5.10 Å². The van der Waals surface area contributed by atoms with Gasteiger partial charge in [-0.25, -0.2) is 15.4 Å². The van der Waals surface area contributed by atoms with Crippen LogP contribution in [0.3, 0.4) is 0 Å². The van der Waals surface area contributed by atoms with E-state index in [0.717, 1.165) is 33.6 Å². The zero-order chi connectivity index (χ0) is 14.5. The number of hydrogen-bond donors (Lipinski definition) is 1. The summed E-state index contributed by atoms with van der Waals surface area (Å²) in [7, 11) is 0. The lowest BCUT2D eigenvalue weighted by Crippen LogP contribution is -2.05. The first-order valence-electron chi connectivity index (χ1n) is 6.49. The van der Waals surface area contributed by atoms with Crippen molar-refractivity contribution in [2.45, 2.75) is 27.2 Å². The van der Waals surface area contributed by atoms with Gasteiger partial charge in [0.1, 0.15) is 0 Å². The van der Waals surface area contributed by atoms with Crippen molar-refractivity contribution in [1.29, 1.82) is 0 Å². The molecule has 1 N–H and O–H groups in total. The number of nitrogens with zero attached hydrogens (tertiary/aromatic N) is 3. The van der Waals surface area contributed by atoms with E-state index >= 15 is 0 Å². The van der Waals surface area contributed by atoms with E-state index in [1.165, 1.54) is 0 Å². The molecule has 0 unspecified atom stereocenters. The number of hydrogen-bond acceptors (Lipinski definition) is 4. The number of hydrazone groups is 1. The molecule has 0 saturated heterocycles. The maximum atomic E-state index is 4.42. The molecular weight excluding hydrogens is 316 g/mol. The predicted molar refractivity (Wildman–Crippen MR) is 86.1 cm³/mol. The Kier molecular flexibility index (Phi) is 4.84. The van der Waals surface area contributed by atoms with Crippen LogP contribution < -0.4 is 5.43 Å². The van der Waals surface area contributed by atoms with E-state index in [9.17, 15) is 0 Å². The summed E-state index contributed by atoms with van der Waals surface area (Å²) < 4.78 is 1.06. The largest absolute Gasteiger partial charge is 0.245 e. The molecule has 1 aromatic carbocycles. The van der Waals surface area contributed by atoms with Crippen LogP contribution in [0.4, 0.5) is 5.95 Å². The van der Waals surface area contributed by atoms with Gasteiger partial charge in [0.15, 0.2) is 0 Å². The van der Waals surface area contributed by atoms with Crippen LogP contribution in [0.1, 0.15) is 30.3 Å². The second-order valence-electron chi connectivity index (χ2n) is 4.51. The van der Waals surface area contributed by atoms with Crippen LogP contribution in [0.25, 0.3) is 0 Å². The van der Waals surface area contributed by atoms with Gasteiger partial charge in [0.25, 0.3) is 0 Å². The molecule has 1 heterocycles. The van der Waals surface area contributed by atoms with Crippen LogP contribution >= 0.6 is 15.9 Å². The maximum absolute atomic E-state index is 4.42. The van der Waals surface area contributed by atoms with Crippen LogP contribution in [0, 0.1) is 13.8 Å². The second-order valence-corrected chi connectivity index (χ2v) is 5.42. The molecule has 2 rings (SSSR count). The molecule has 0 aliphatic heterocycles. The first-order chi connectivity index (χ1) is 9.58. The van der Waals surface area contributed by atoms with Crippen molar-refractivity contribution in [1.82, 2.24) is 9.97 Å². The summed E-state index contributed by atoms with van der Waals surface area (Å²) in [5, 5.41) is 4.42. The van der Waals surface area contributed by atoms with Crippen molar-refractivity contribution in [3.63, 3.8) is 0 Å². The molecule has 0 atom stereocenters. The Morgan fingerprint density at radius 3 is 2.30 bits per heavy atom. The van der Waals surface area contributed by atoms with Crippen LogP contribution in [-0.2, 0) is 0 Å². The molecule has 0 aliphatic carbocycles. The molecule has 0 fully saturated rings. The van der Waals surface area contributed by atoms with Gasteiger partial charge in [0, 0.05) is 15.9 Å². The fourth-order valence-electron chi connectivity index (χ4n) is 1.88. The van der Waals surface area contributed by atoms with E-state index < -0.39 is 0 Å².